The highest BCUT2D eigenvalue weighted by Crippen LogP contribution is 2.48. The molecule has 1 saturated carbocycles. The van der Waals surface area contributed by atoms with E-state index in [0.717, 1.165) is 18.4 Å². The van der Waals surface area contributed by atoms with Gasteiger partial charge in [0.25, 0.3) is 0 Å². The summed E-state index contributed by atoms with van der Waals surface area (Å²) in [5, 5.41) is 11.3. The number of amides is 1. The second kappa shape index (κ2) is 7.99. The first-order chi connectivity index (χ1) is 11.7. The number of thioether (sulfide) groups is 1. The summed E-state index contributed by atoms with van der Waals surface area (Å²) >= 11 is 1.22. The lowest BCUT2D eigenvalue weighted by Crippen LogP contribution is -2.34. The van der Waals surface area contributed by atoms with E-state index in [1.54, 1.807) is 0 Å². The van der Waals surface area contributed by atoms with Crippen LogP contribution in [0, 0.1) is 5.41 Å². The van der Waals surface area contributed by atoms with Crippen LogP contribution in [0.5, 0.6) is 5.75 Å². The van der Waals surface area contributed by atoms with E-state index in [1.807, 2.05) is 0 Å². The van der Waals surface area contributed by atoms with Crippen molar-refractivity contribution in [1.82, 2.24) is 5.32 Å². The van der Waals surface area contributed by atoms with Gasteiger partial charge in [-0.2, -0.15) is 0 Å². The molecule has 0 heterocycles. The van der Waals surface area contributed by atoms with E-state index in [9.17, 15) is 22.8 Å². The number of rotatable bonds is 9. The van der Waals surface area contributed by atoms with Gasteiger partial charge in [-0.25, -0.2) is 0 Å². The maximum absolute atomic E-state index is 12.3. The van der Waals surface area contributed by atoms with Crippen molar-refractivity contribution in [1.29, 1.82) is 0 Å². The van der Waals surface area contributed by atoms with Gasteiger partial charge in [-0.1, -0.05) is 12.1 Å². The zero-order valence-corrected chi connectivity index (χ0v) is 14.1. The molecule has 138 valence electrons. The van der Waals surface area contributed by atoms with Crippen molar-refractivity contribution in [2.75, 3.05) is 18.1 Å². The van der Waals surface area contributed by atoms with Crippen LogP contribution in [0.1, 0.15) is 18.4 Å². The fourth-order valence-electron chi connectivity index (χ4n) is 2.42. The highest BCUT2D eigenvalue weighted by Gasteiger charge is 2.49. The quantitative estimate of drug-likeness (QED) is 0.648. The van der Waals surface area contributed by atoms with E-state index in [-0.39, 0.29) is 17.4 Å². The van der Waals surface area contributed by atoms with E-state index < -0.39 is 17.7 Å². The number of hydrogen-bond donors (Lipinski definition) is 2. The first-order valence-corrected chi connectivity index (χ1v) is 8.78. The van der Waals surface area contributed by atoms with Crippen LogP contribution in [0.4, 0.5) is 13.2 Å². The minimum atomic E-state index is -4.72. The van der Waals surface area contributed by atoms with E-state index in [4.69, 9.17) is 5.11 Å². The van der Waals surface area contributed by atoms with Gasteiger partial charge in [0.05, 0.1) is 11.2 Å². The summed E-state index contributed by atoms with van der Waals surface area (Å²) in [6.07, 6.45) is -2.82. The third kappa shape index (κ3) is 6.49. The van der Waals surface area contributed by atoms with Gasteiger partial charge in [0.15, 0.2) is 0 Å². The molecular formula is C16H18F3NO4S. The number of alkyl halides is 3. The van der Waals surface area contributed by atoms with Crippen LogP contribution in [-0.4, -0.2) is 41.4 Å². The predicted molar refractivity (Wildman–Crippen MR) is 86.5 cm³/mol. The molecule has 0 aromatic heterocycles. The lowest BCUT2D eigenvalue weighted by molar-refractivity contribution is -0.274. The molecule has 0 unspecified atom stereocenters. The number of aliphatic carboxylic acids is 1. The molecule has 9 heteroatoms. The zero-order chi connectivity index (χ0) is 18.5. The summed E-state index contributed by atoms with van der Waals surface area (Å²) in [7, 11) is 0. The second-order valence-corrected chi connectivity index (χ2v) is 6.96. The van der Waals surface area contributed by atoms with Crippen molar-refractivity contribution >= 4 is 23.6 Å². The van der Waals surface area contributed by atoms with Crippen LogP contribution in [0.3, 0.4) is 0 Å². The van der Waals surface area contributed by atoms with Crippen LogP contribution < -0.4 is 10.1 Å². The standard InChI is InChI=1S/C16H18F3NO4S/c17-16(18,19)24-12-3-1-11(2-4-12)9-15(5-6-15)14(23)20-7-8-25-10-13(21)22/h1-4H,5-10H2,(H,20,23)(H,21,22). The molecule has 0 atom stereocenters. The normalized spacial score (nSPS) is 15.5. The smallest absolute Gasteiger partial charge is 0.481 e. The van der Waals surface area contributed by atoms with Crippen molar-refractivity contribution in [3.05, 3.63) is 29.8 Å². The number of nitrogens with one attached hydrogen (secondary N) is 1. The molecule has 0 saturated heterocycles. The number of hydrogen-bond acceptors (Lipinski definition) is 4. The van der Waals surface area contributed by atoms with Crippen molar-refractivity contribution in [3.63, 3.8) is 0 Å². The number of carboxylic acid groups (broad SMARTS) is 1. The summed E-state index contributed by atoms with van der Waals surface area (Å²) in [4.78, 5) is 22.7. The number of halogens is 3. The molecule has 2 N–H and O–H groups in total. The van der Waals surface area contributed by atoms with E-state index in [0.29, 0.717) is 18.7 Å². The Bertz CT molecular complexity index is 615. The van der Waals surface area contributed by atoms with Crippen molar-refractivity contribution in [2.45, 2.75) is 25.6 Å². The highest BCUT2D eigenvalue weighted by molar-refractivity contribution is 7.99. The zero-order valence-electron chi connectivity index (χ0n) is 13.3. The van der Waals surface area contributed by atoms with Crippen LogP contribution >= 0.6 is 11.8 Å². The molecule has 1 aliphatic rings. The lowest BCUT2D eigenvalue weighted by Gasteiger charge is -2.16. The molecule has 1 aromatic rings. The van der Waals surface area contributed by atoms with Gasteiger partial charge in [-0.3, -0.25) is 9.59 Å². The van der Waals surface area contributed by atoms with Gasteiger partial charge in [-0.15, -0.1) is 24.9 Å². The molecular weight excluding hydrogens is 359 g/mol. The van der Waals surface area contributed by atoms with Gasteiger partial charge < -0.3 is 15.2 Å². The molecule has 1 aliphatic carbocycles. The first-order valence-electron chi connectivity index (χ1n) is 7.63. The van der Waals surface area contributed by atoms with Gasteiger partial charge in [0.1, 0.15) is 5.75 Å². The Kier molecular flexibility index (Phi) is 6.21. The molecule has 0 aliphatic heterocycles. The lowest BCUT2D eigenvalue weighted by atomic mass is 9.95. The highest BCUT2D eigenvalue weighted by atomic mass is 32.2. The van der Waals surface area contributed by atoms with Crippen molar-refractivity contribution < 1.29 is 32.6 Å². The van der Waals surface area contributed by atoms with Gasteiger partial charge in [0.2, 0.25) is 5.91 Å². The van der Waals surface area contributed by atoms with Gasteiger partial charge >= 0.3 is 12.3 Å². The van der Waals surface area contributed by atoms with Crippen LogP contribution in [0.15, 0.2) is 24.3 Å². The van der Waals surface area contributed by atoms with Crippen LogP contribution in [0.25, 0.3) is 0 Å². The maximum atomic E-state index is 12.3. The summed E-state index contributed by atoms with van der Waals surface area (Å²) in [6.45, 7) is 0.386. The predicted octanol–water partition coefficient (Wildman–Crippen LogP) is 2.84. The Morgan fingerprint density at radius 2 is 1.88 bits per heavy atom. The summed E-state index contributed by atoms with van der Waals surface area (Å²) in [6, 6.07) is 5.52. The average molecular weight is 377 g/mol. The summed E-state index contributed by atoms with van der Waals surface area (Å²) in [5.41, 5.74) is 0.256. The number of carbonyl (C=O) groups is 2. The van der Waals surface area contributed by atoms with E-state index in [1.165, 1.54) is 36.0 Å². The number of carbonyl (C=O) groups excluding carboxylic acids is 1. The monoisotopic (exact) mass is 377 g/mol. The molecule has 2 rings (SSSR count). The minimum Gasteiger partial charge on any atom is -0.481 e. The van der Waals surface area contributed by atoms with E-state index in [2.05, 4.69) is 10.1 Å². The van der Waals surface area contributed by atoms with Crippen LogP contribution in [0.2, 0.25) is 0 Å². The van der Waals surface area contributed by atoms with Crippen molar-refractivity contribution in [2.24, 2.45) is 5.41 Å². The molecule has 1 aromatic carbocycles. The largest absolute Gasteiger partial charge is 0.573 e. The third-order valence-electron chi connectivity index (χ3n) is 3.79. The SMILES string of the molecule is O=C(O)CSCCNC(=O)C1(Cc2ccc(OC(F)(F)F)cc2)CC1. The molecule has 1 fully saturated rings. The topological polar surface area (TPSA) is 75.6 Å². The summed E-state index contributed by atoms with van der Waals surface area (Å²) < 4.78 is 40.2. The fraction of sp³-hybridized carbons (Fsp3) is 0.500. The van der Waals surface area contributed by atoms with Gasteiger partial charge in [-0.05, 0) is 37.0 Å². The number of carboxylic acids is 1. The van der Waals surface area contributed by atoms with E-state index >= 15 is 0 Å². The van der Waals surface area contributed by atoms with Crippen molar-refractivity contribution in [3.8, 4) is 5.75 Å². The Hall–Kier alpha value is -1.90. The minimum absolute atomic E-state index is 0.00659. The first kappa shape index (κ1) is 19.4. The van der Waals surface area contributed by atoms with Crippen LogP contribution in [-0.2, 0) is 16.0 Å². The molecule has 1 amide bonds. The summed E-state index contributed by atoms with van der Waals surface area (Å²) in [5.74, 6) is -0.779. The number of benzene rings is 1. The second-order valence-electron chi connectivity index (χ2n) is 5.85. The Balaban J connectivity index is 1.80. The average Bonchev–Trinajstić information content (AvgIpc) is 3.28. The Labute approximate surface area is 146 Å². The third-order valence-corrected chi connectivity index (χ3v) is 4.74. The molecule has 0 radical (unpaired) electrons. The fourth-order valence-corrected chi connectivity index (χ4v) is 2.98. The maximum Gasteiger partial charge on any atom is 0.573 e. The number of ether oxygens (including phenoxy) is 1. The molecule has 0 bridgehead atoms. The molecule has 0 spiro atoms. The Morgan fingerprint density at radius 1 is 1.24 bits per heavy atom. The van der Waals surface area contributed by atoms with Gasteiger partial charge in [0, 0.05) is 12.3 Å². The Morgan fingerprint density at radius 3 is 2.40 bits per heavy atom. The molecule has 5 nitrogen and oxygen atoms in total. The molecule has 25 heavy (non-hydrogen) atoms.